The van der Waals surface area contributed by atoms with Crippen molar-refractivity contribution in [1.82, 2.24) is 4.90 Å². The topological polar surface area (TPSA) is 49.8 Å². The fourth-order valence-corrected chi connectivity index (χ4v) is 4.89. The summed E-state index contributed by atoms with van der Waals surface area (Å²) in [5.74, 6) is 0.0946. The van der Waals surface area contributed by atoms with Gasteiger partial charge in [0.25, 0.3) is 0 Å². The lowest BCUT2D eigenvalue weighted by Gasteiger charge is -2.43. The van der Waals surface area contributed by atoms with Crippen LogP contribution < -0.4 is 0 Å². The maximum absolute atomic E-state index is 12.6. The molecular weight excluding hydrogens is 326 g/mol. The monoisotopic (exact) mass is 349 g/mol. The van der Waals surface area contributed by atoms with Gasteiger partial charge in [0, 0.05) is 24.4 Å². The highest BCUT2D eigenvalue weighted by Crippen LogP contribution is 2.48. The molecule has 0 aromatic heterocycles. The van der Waals surface area contributed by atoms with E-state index in [1.54, 1.807) is 4.90 Å². The number of carbonyl (C=O) groups excluding carboxylic acids is 1. The van der Waals surface area contributed by atoms with Crippen molar-refractivity contribution in [3.05, 3.63) is 59.7 Å². The quantitative estimate of drug-likeness (QED) is 0.898. The number of likely N-dealkylation sites (tertiary alicyclic amines) is 1. The lowest BCUT2D eigenvalue weighted by molar-refractivity contribution is -0.0559. The first-order chi connectivity index (χ1) is 12.7. The Kier molecular flexibility index (Phi) is 3.57. The number of hydrogen-bond acceptors (Lipinski definition) is 3. The molecule has 1 saturated heterocycles. The molecule has 1 heterocycles. The van der Waals surface area contributed by atoms with Crippen molar-refractivity contribution in [2.24, 2.45) is 5.41 Å². The number of benzene rings is 2. The van der Waals surface area contributed by atoms with Crippen LogP contribution in [0.3, 0.4) is 0 Å². The maximum atomic E-state index is 12.6. The number of nitrogens with zero attached hydrogens (tertiary/aromatic N) is 1. The average Bonchev–Trinajstić information content (AvgIpc) is 3.27. The molecule has 26 heavy (non-hydrogen) atoms. The number of aliphatic hydroxyl groups excluding tert-OH is 1. The van der Waals surface area contributed by atoms with E-state index in [0.717, 1.165) is 19.3 Å². The van der Waals surface area contributed by atoms with Crippen LogP contribution in [0.4, 0.5) is 4.79 Å². The Morgan fingerprint density at radius 3 is 2.27 bits per heavy atom. The van der Waals surface area contributed by atoms with Crippen LogP contribution in [0.5, 0.6) is 0 Å². The van der Waals surface area contributed by atoms with E-state index in [4.69, 9.17) is 4.74 Å². The molecule has 0 radical (unpaired) electrons. The van der Waals surface area contributed by atoms with Gasteiger partial charge in [0.05, 0.1) is 6.10 Å². The molecule has 0 bridgehead atoms. The van der Waals surface area contributed by atoms with E-state index in [1.165, 1.54) is 22.3 Å². The van der Waals surface area contributed by atoms with Gasteiger partial charge >= 0.3 is 6.09 Å². The van der Waals surface area contributed by atoms with Gasteiger partial charge in [-0.15, -0.1) is 0 Å². The van der Waals surface area contributed by atoms with Gasteiger partial charge in [0.1, 0.15) is 6.61 Å². The summed E-state index contributed by atoms with van der Waals surface area (Å²) in [6.07, 6.45) is 2.26. The summed E-state index contributed by atoms with van der Waals surface area (Å²) in [7, 11) is 0. The van der Waals surface area contributed by atoms with Crippen LogP contribution in [0.25, 0.3) is 11.1 Å². The van der Waals surface area contributed by atoms with E-state index in [2.05, 4.69) is 36.4 Å². The Labute approximate surface area is 153 Å². The molecule has 1 amide bonds. The summed E-state index contributed by atoms with van der Waals surface area (Å²) in [5.41, 5.74) is 4.87. The van der Waals surface area contributed by atoms with Crippen molar-refractivity contribution in [1.29, 1.82) is 0 Å². The molecule has 5 rings (SSSR count). The highest BCUT2D eigenvalue weighted by Gasteiger charge is 2.51. The molecule has 4 nitrogen and oxygen atoms in total. The third kappa shape index (κ3) is 2.28. The predicted octanol–water partition coefficient (Wildman–Crippen LogP) is 3.78. The van der Waals surface area contributed by atoms with E-state index in [1.807, 2.05) is 12.1 Å². The fraction of sp³-hybridized carbons (Fsp3) is 0.409. The van der Waals surface area contributed by atoms with Crippen LogP contribution >= 0.6 is 0 Å². The minimum Gasteiger partial charge on any atom is -0.448 e. The first-order valence-electron chi connectivity index (χ1n) is 9.46. The third-order valence-electron chi connectivity index (χ3n) is 6.60. The minimum atomic E-state index is -0.256. The molecule has 2 unspecified atom stereocenters. The molecule has 1 N–H and O–H groups in total. The second-order valence-electron chi connectivity index (χ2n) is 7.89. The highest BCUT2D eigenvalue weighted by molar-refractivity contribution is 5.79. The van der Waals surface area contributed by atoms with Gasteiger partial charge in [-0.1, -0.05) is 48.5 Å². The molecule has 2 aliphatic carbocycles. The van der Waals surface area contributed by atoms with E-state index in [0.29, 0.717) is 19.7 Å². The standard InChI is InChI=1S/C22H23NO3/c24-20-9-10-22(20)11-12-23(14-22)21(25)26-13-19-17-7-3-1-5-15(17)16-6-2-4-8-18(16)19/h1-8,19-20,24H,9-14H2. The molecule has 2 atom stereocenters. The summed E-state index contributed by atoms with van der Waals surface area (Å²) in [4.78, 5) is 14.4. The summed E-state index contributed by atoms with van der Waals surface area (Å²) < 4.78 is 5.73. The number of aliphatic hydroxyl groups is 1. The van der Waals surface area contributed by atoms with Gasteiger partial charge in [-0.25, -0.2) is 4.79 Å². The van der Waals surface area contributed by atoms with Crippen molar-refractivity contribution >= 4 is 6.09 Å². The number of rotatable bonds is 2. The zero-order valence-electron chi connectivity index (χ0n) is 14.7. The van der Waals surface area contributed by atoms with Crippen LogP contribution in [0.15, 0.2) is 48.5 Å². The summed E-state index contributed by atoms with van der Waals surface area (Å²) >= 11 is 0. The van der Waals surface area contributed by atoms with E-state index in [-0.39, 0.29) is 23.5 Å². The van der Waals surface area contributed by atoms with Gasteiger partial charge in [-0.2, -0.15) is 0 Å². The largest absolute Gasteiger partial charge is 0.448 e. The SMILES string of the molecule is O=C(OCC1c2ccccc2-c2ccccc21)N1CCC2(CCC2O)C1. The van der Waals surface area contributed by atoms with E-state index in [9.17, 15) is 9.90 Å². The molecule has 2 aromatic carbocycles. The van der Waals surface area contributed by atoms with Crippen molar-refractivity contribution in [3.8, 4) is 11.1 Å². The number of hydrogen-bond donors (Lipinski definition) is 1. The highest BCUT2D eigenvalue weighted by atomic mass is 16.6. The molecular formula is C22H23NO3. The lowest BCUT2D eigenvalue weighted by atomic mass is 9.66. The number of amides is 1. The third-order valence-corrected chi connectivity index (χ3v) is 6.60. The molecule has 3 aliphatic rings. The second-order valence-corrected chi connectivity index (χ2v) is 7.89. The summed E-state index contributed by atoms with van der Waals surface area (Å²) in [6.45, 7) is 1.68. The van der Waals surface area contributed by atoms with Gasteiger partial charge in [0.2, 0.25) is 0 Å². The number of ether oxygens (including phenoxy) is 1. The Morgan fingerprint density at radius 1 is 1.08 bits per heavy atom. The van der Waals surface area contributed by atoms with E-state index < -0.39 is 0 Å². The van der Waals surface area contributed by atoms with Crippen LogP contribution in [-0.2, 0) is 4.74 Å². The Bertz CT molecular complexity index is 818. The summed E-state index contributed by atoms with van der Waals surface area (Å²) in [5, 5.41) is 10.0. The van der Waals surface area contributed by atoms with Gasteiger partial charge in [0.15, 0.2) is 0 Å². The van der Waals surface area contributed by atoms with Crippen LogP contribution in [0.2, 0.25) is 0 Å². The van der Waals surface area contributed by atoms with Crippen molar-refractivity contribution < 1.29 is 14.6 Å². The van der Waals surface area contributed by atoms with Crippen molar-refractivity contribution in [2.45, 2.75) is 31.3 Å². The summed E-state index contributed by atoms with van der Waals surface area (Å²) in [6, 6.07) is 16.7. The number of fused-ring (bicyclic) bond motifs is 3. The first kappa shape index (κ1) is 15.9. The van der Waals surface area contributed by atoms with Crippen molar-refractivity contribution in [2.75, 3.05) is 19.7 Å². The van der Waals surface area contributed by atoms with Crippen LogP contribution in [0, 0.1) is 5.41 Å². The average molecular weight is 349 g/mol. The molecule has 2 fully saturated rings. The van der Waals surface area contributed by atoms with Gasteiger partial charge < -0.3 is 14.7 Å². The molecule has 134 valence electrons. The van der Waals surface area contributed by atoms with Crippen LogP contribution in [-0.4, -0.2) is 41.9 Å². The first-order valence-corrected chi connectivity index (χ1v) is 9.46. The van der Waals surface area contributed by atoms with Crippen molar-refractivity contribution in [3.63, 3.8) is 0 Å². The molecule has 2 aromatic rings. The second kappa shape index (κ2) is 5.85. The zero-order chi connectivity index (χ0) is 17.7. The maximum Gasteiger partial charge on any atom is 0.409 e. The molecule has 1 spiro atoms. The zero-order valence-corrected chi connectivity index (χ0v) is 14.7. The Hall–Kier alpha value is -2.33. The minimum absolute atomic E-state index is 0.0639. The molecule has 4 heteroatoms. The lowest BCUT2D eigenvalue weighted by Crippen LogP contribution is -2.47. The molecule has 1 saturated carbocycles. The fourth-order valence-electron chi connectivity index (χ4n) is 4.89. The van der Waals surface area contributed by atoms with Gasteiger partial charge in [-0.3, -0.25) is 0 Å². The van der Waals surface area contributed by atoms with E-state index >= 15 is 0 Å². The number of carbonyl (C=O) groups is 1. The predicted molar refractivity (Wildman–Crippen MR) is 98.9 cm³/mol. The normalized spacial score (nSPS) is 26.5. The Morgan fingerprint density at radius 2 is 1.73 bits per heavy atom. The molecule has 1 aliphatic heterocycles. The van der Waals surface area contributed by atoms with Gasteiger partial charge in [-0.05, 0) is 41.5 Å². The van der Waals surface area contributed by atoms with Crippen LogP contribution in [0.1, 0.15) is 36.3 Å². The Balaban J connectivity index is 1.31. The smallest absolute Gasteiger partial charge is 0.409 e.